The number of halogens is 1. The number of hydrogen-bond donors (Lipinski definition) is 2. The van der Waals surface area contributed by atoms with Crippen LogP contribution in [0.4, 0.5) is 11.4 Å². The molecule has 5 heteroatoms. The molecule has 1 saturated heterocycles. The Kier molecular flexibility index (Phi) is 5.12. The molecule has 116 valence electrons. The van der Waals surface area contributed by atoms with Crippen molar-refractivity contribution in [3.63, 3.8) is 0 Å². The van der Waals surface area contributed by atoms with E-state index < -0.39 is 5.54 Å². The van der Waals surface area contributed by atoms with Crippen LogP contribution in [0.15, 0.2) is 18.2 Å². The standard InChI is InChI=1S/C16H24ClN3O/c1-4-9-16(10-6-11-18-16)15(21)19-13-8-5-7-12(17)14(13)20(2)3/h5,7-8,18H,4,6,9-11H2,1-3H3,(H,19,21). The van der Waals surface area contributed by atoms with E-state index in [9.17, 15) is 4.79 Å². The first-order chi connectivity index (χ1) is 10.00. The molecular weight excluding hydrogens is 286 g/mol. The zero-order chi connectivity index (χ0) is 15.5. The highest BCUT2D eigenvalue weighted by atomic mass is 35.5. The van der Waals surface area contributed by atoms with E-state index in [1.165, 1.54) is 0 Å². The van der Waals surface area contributed by atoms with Gasteiger partial charge < -0.3 is 15.5 Å². The fourth-order valence-corrected chi connectivity index (χ4v) is 3.41. The number of nitrogens with zero attached hydrogens (tertiary/aromatic N) is 1. The summed E-state index contributed by atoms with van der Waals surface area (Å²) in [5.41, 5.74) is 1.18. The van der Waals surface area contributed by atoms with Gasteiger partial charge in [0.05, 0.1) is 21.9 Å². The number of para-hydroxylation sites is 1. The van der Waals surface area contributed by atoms with E-state index in [-0.39, 0.29) is 5.91 Å². The summed E-state index contributed by atoms with van der Waals surface area (Å²) < 4.78 is 0. The van der Waals surface area contributed by atoms with Gasteiger partial charge in [0.15, 0.2) is 0 Å². The van der Waals surface area contributed by atoms with E-state index >= 15 is 0 Å². The minimum atomic E-state index is -0.430. The average Bonchev–Trinajstić information content (AvgIpc) is 2.88. The van der Waals surface area contributed by atoms with Gasteiger partial charge in [-0.2, -0.15) is 0 Å². The molecule has 2 rings (SSSR count). The molecule has 0 spiro atoms. The first-order valence-corrected chi connectivity index (χ1v) is 7.90. The Balaban J connectivity index is 2.25. The molecule has 1 unspecified atom stereocenters. The van der Waals surface area contributed by atoms with Gasteiger partial charge in [-0.15, -0.1) is 0 Å². The van der Waals surface area contributed by atoms with Gasteiger partial charge in [-0.25, -0.2) is 0 Å². The Labute approximate surface area is 131 Å². The van der Waals surface area contributed by atoms with E-state index in [1.807, 2.05) is 37.2 Å². The summed E-state index contributed by atoms with van der Waals surface area (Å²) in [6, 6.07) is 5.59. The van der Waals surface area contributed by atoms with Crippen LogP contribution in [0.3, 0.4) is 0 Å². The number of carbonyl (C=O) groups excluding carboxylic acids is 1. The van der Waals surface area contributed by atoms with Crippen LogP contribution in [0.25, 0.3) is 0 Å². The Morgan fingerprint density at radius 2 is 2.24 bits per heavy atom. The van der Waals surface area contributed by atoms with E-state index in [2.05, 4.69) is 17.6 Å². The van der Waals surface area contributed by atoms with Gasteiger partial charge >= 0.3 is 0 Å². The van der Waals surface area contributed by atoms with Crippen molar-refractivity contribution in [2.24, 2.45) is 0 Å². The summed E-state index contributed by atoms with van der Waals surface area (Å²) in [6.45, 7) is 3.02. The van der Waals surface area contributed by atoms with Crippen molar-refractivity contribution in [2.45, 2.75) is 38.1 Å². The lowest BCUT2D eigenvalue weighted by Gasteiger charge is -2.29. The number of amides is 1. The second-order valence-corrected chi connectivity index (χ2v) is 6.25. The molecule has 0 aromatic heterocycles. The van der Waals surface area contributed by atoms with Crippen LogP contribution in [0.5, 0.6) is 0 Å². The molecule has 1 aliphatic heterocycles. The van der Waals surface area contributed by atoms with Gasteiger partial charge in [-0.05, 0) is 37.9 Å². The fourth-order valence-electron chi connectivity index (χ4n) is 3.07. The molecule has 0 bridgehead atoms. The molecule has 1 aromatic rings. The van der Waals surface area contributed by atoms with Gasteiger partial charge in [-0.1, -0.05) is 31.0 Å². The summed E-state index contributed by atoms with van der Waals surface area (Å²) in [6.07, 6.45) is 3.78. The van der Waals surface area contributed by atoms with Crippen LogP contribution in [-0.2, 0) is 4.79 Å². The third kappa shape index (κ3) is 3.33. The molecule has 2 N–H and O–H groups in total. The Hall–Kier alpha value is -1.26. The van der Waals surface area contributed by atoms with Crippen molar-refractivity contribution < 1.29 is 4.79 Å². The molecule has 1 aliphatic rings. The molecule has 1 fully saturated rings. The molecule has 4 nitrogen and oxygen atoms in total. The van der Waals surface area contributed by atoms with E-state index in [0.717, 1.165) is 43.6 Å². The molecule has 1 heterocycles. The quantitative estimate of drug-likeness (QED) is 0.877. The van der Waals surface area contributed by atoms with Crippen molar-refractivity contribution in [1.29, 1.82) is 0 Å². The first-order valence-electron chi connectivity index (χ1n) is 7.52. The maximum Gasteiger partial charge on any atom is 0.244 e. The van der Waals surface area contributed by atoms with Gasteiger partial charge in [-0.3, -0.25) is 4.79 Å². The van der Waals surface area contributed by atoms with E-state index in [1.54, 1.807) is 0 Å². The maximum atomic E-state index is 12.8. The summed E-state index contributed by atoms with van der Waals surface area (Å²) in [4.78, 5) is 14.7. The van der Waals surface area contributed by atoms with Crippen molar-refractivity contribution in [3.05, 3.63) is 23.2 Å². The van der Waals surface area contributed by atoms with Crippen LogP contribution in [0, 0.1) is 0 Å². The zero-order valence-corrected chi connectivity index (χ0v) is 13.8. The number of anilines is 2. The normalized spacial score (nSPS) is 21.3. The SMILES string of the molecule is CCCC1(C(=O)Nc2cccc(Cl)c2N(C)C)CCCN1. The summed E-state index contributed by atoms with van der Waals surface area (Å²) in [5, 5.41) is 7.11. The highest BCUT2D eigenvalue weighted by molar-refractivity contribution is 6.34. The molecule has 0 aliphatic carbocycles. The van der Waals surface area contributed by atoms with Crippen molar-refractivity contribution in [3.8, 4) is 0 Å². The lowest BCUT2D eigenvalue weighted by molar-refractivity contribution is -0.122. The summed E-state index contributed by atoms with van der Waals surface area (Å²) >= 11 is 6.25. The largest absolute Gasteiger partial charge is 0.375 e. The summed E-state index contributed by atoms with van der Waals surface area (Å²) in [7, 11) is 3.85. The monoisotopic (exact) mass is 309 g/mol. The van der Waals surface area contributed by atoms with Crippen LogP contribution in [0.1, 0.15) is 32.6 Å². The van der Waals surface area contributed by atoms with Crippen LogP contribution < -0.4 is 15.5 Å². The number of hydrogen-bond acceptors (Lipinski definition) is 3. The lowest BCUT2D eigenvalue weighted by atomic mass is 9.90. The molecule has 0 radical (unpaired) electrons. The highest BCUT2D eigenvalue weighted by Gasteiger charge is 2.40. The number of carbonyl (C=O) groups is 1. The first kappa shape index (κ1) is 16.1. The minimum absolute atomic E-state index is 0.0483. The number of benzene rings is 1. The van der Waals surface area contributed by atoms with Crippen LogP contribution in [0.2, 0.25) is 5.02 Å². The van der Waals surface area contributed by atoms with Crippen LogP contribution in [-0.4, -0.2) is 32.1 Å². The third-order valence-electron chi connectivity index (χ3n) is 4.04. The Bertz CT molecular complexity index is 510. The maximum absolute atomic E-state index is 12.8. The van der Waals surface area contributed by atoms with Gasteiger partial charge in [0.2, 0.25) is 5.91 Å². The van der Waals surface area contributed by atoms with Crippen molar-refractivity contribution in [2.75, 3.05) is 30.9 Å². The second kappa shape index (κ2) is 6.67. The minimum Gasteiger partial charge on any atom is -0.375 e. The Morgan fingerprint density at radius 3 is 2.81 bits per heavy atom. The predicted molar refractivity (Wildman–Crippen MR) is 89.3 cm³/mol. The van der Waals surface area contributed by atoms with Gasteiger partial charge in [0, 0.05) is 14.1 Å². The molecule has 1 amide bonds. The number of nitrogens with one attached hydrogen (secondary N) is 2. The Morgan fingerprint density at radius 1 is 1.48 bits per heavy atom. The van der Waals surface area contributed by atoms with Crippen molar-refractivity contribution in [1.82, 2.24) is 5.32 Å². The second-order valence-electron chi connectivity index (χ2n) is 5.85. The van der Waals surface area contributed by atoms with E-state index in [4.69, 9.17) is 11.6 Å². The molecule has 0 saturated carbocycles. The van der Waals surface area contributed by atoms with Gasteiger partial charge in [0.1, 0.15) is 0 Å². The predicted octanol–water partition coefficient (Wildman–Crippen LogP) is 3.27. The molecule has 21 heavy (non-hydrogen) atoms. The zero-order valence-electron chi connectivity index (χ0n) is 13.0. The fraction of sp³-hybridized carbons (Fsp3) is 0.562. The van der Waals surface area contributed by atoms with Crippen molar-refractivity contribution >= 4 is 28.9 Å². The lowest BCUT2D eigenvalue weighted by Crippen LogP contribution is -2.50. The summed E-state index contributed by atoms with van der Waals surface area (Å²) in [5.74, 6) is 0.0483. The number of rotatable bonds is 5. The molecule has 1 aromatic carbocycles. The third-order valence-corrected chi connectivity index (χ3v) is 4.34. The van der Waals surface area contributed by atoms with Gasteiger partial charge in [0.25, 0.3) is 0 Å². The molecule has 1 atom stereocenters. The average molecular weight is 310 g/mol. The van der Waals surface area contributed by atoms with Crippen LogP contribution >= 0.6 is 11.6 Å². The van der Waals surface area contributed by atoms with E-state index in [0.29, 0.717) is 5.02 Å². The smallest absolute Gasteiger partial charge is 0.244 e. The topological polar surface area (TPSA) is 44.4 Å². The highest BCUT2D eigenvalue weighted by Crippen LogP contribution is 2.34. The molecular formula is C16H24ClN3O.